The van der Waals surface area contributed by atoms with Crippen LogP contribution in [0.2, 0.25) is 0 Å². The second kappa shape index (κ2) is 6.12. The van der Waals surface area contributed by atoms with Crippen LogP contribution in [0.1, 0.15) is 31.1 Å². The van der Waals surface area contributed by atoms with E-state index in [1.807, 2.05) is 0 Å². The van der Waals surface area contributed by atoms with E-state index in [0.717, 1.165) is 4.90 Å². The number of hydrogen-bond donors (Lipinski definition) is 0. The maximum Gasteiger partial charge on any atom is 0.266 e. The molecule has 0 aliphatic carbocycles. The van der Waals surface area contributed by atoms with Crippen molar-refractivity contribution < 1.29 is 14.4 Å². The van der Waals surface area contributed by atoms with Gasteiger partial charge in [-0.1, -0.05) is 42.5 Å². The maximum atomic E-state index is 12.9. The van der Waals surface area contributed by atoms with Crippen LogP contribution in [0.25, 0.3) is 0 Å². The highest BCUT2D eigenvalue weighted by molar-refractivity contribution is 6.26. The summed E-state index contributed by atoms with van der Waals surface area (Å²) in [6.45, 7) is 0. The second-order valence-corrected chi connectivity index (χ2v) is 5.66. The minimum Gasteiger partial charge on any atom is -0.382 e. The summed E-state index contributed by atoms with van der Waals surface area (Å²) in [5, 5.41) is 0. The Balaban J connectivity index is 2.08. The number of carbonyl (C=O) groups excluding carboxylic acids is 3. The Morgan fingerprint density at radius 1 is 0.875 bits per heavy atom. The summed E-state index contributed by atoms with van der Waals surface area (Å²) in [6.07, 6.45) is 1.50. The topological polar surface area (TPSA) is 57.7 Å². The number of amides is 2. The monoisotopic (exact) mass is 320 g/mol. The van der Waals surface area contributed by atoms with Crippen molar-refractivity contribution >= 4 is 17.6 Å². The number of rotatable bonds is 4. The van der Waals surface area contributed by atoms with Gasteiger partial charge in [0.15, 0.2) is 0 Å². The quantitative estimate of drug-likeness (QED) is 0.493. The van der Waals surface area contributed by atoms with Gasteiger partial charge in [0.25, 0.3) is 11.8 Å². The molecule has 0 bridgehead atoms. The Labute approximate surface area is 139 Å². The lowest BCUT2D eigenvalue weighted by Crippen LogP contribution is -2.34. The molecule has 3 rings (SSSR count). The smallest absolute Gasteiger partial charge is 0.266 e. The third-order valence-corrected chi connectivity index (χ3v) is 3.68. The molecule has 0 spiro atoms. The van der Waals surface area contributed by atoms with E-state index in [0.29, 0.717) is 16.7 Å². The van der Waals surface area contributed by atoms with Gasteiger partial charge in [0.1, 0.15) is 5.70 Å². The van der Waals surface area contributed by atoms with Gasteiger partial charge in [0, 0.05) is 25.9 Å². The average molecular weight is 320 g/mol. The van der Waals surface area contributed by atoms with Crippen LogP contribution in [0.15, 0.2) is 66.5 Å². The van der Waals surface area contributed by atoms with Crippen LogP contribution < -0.4 is 0 Å². The van der Waals surface area contributed by atoms with Gasteiger partial charge in [-0.3, -0.25) is 14.4 Å². The molecule has 2 amide bonds. The molecular formula is C19H16N2O3. The molecule has 5 nitrogen and oxygen atoms in total. The average Bonchev–Trinajstić information content (AvgIpc) is 2.84. The summed E-state index contributed by atoms with van der Waals surface area (Å²) in [4.78, 5) is 40.8. The number of ketones is 1. The molecule has 0 saturated heterocycles. The second-order valence-electron chi connectivity index (χ2n) is 5.66. The molecular weight excluding hydrogens is 304 g/mol. The fourth-order valence-electron chi connectivity index (χ4n) is 2.61. The molecule has 0 unspecified atom stereocenters. The van der Waals surface area contributed by atoms with Crippen LogP contribution in [-0.2, 0) is 0 Å². The van der Waals surface area contributed by atoms with Crippen molar-refractivity contribution in [3.63, 3.8) is 0 Å². The van der Waals surface area contributed by atoms with Crippen LogP contribution in [0.4, 0.5) is 0 Å². The lowest BCUT2D eigenvalue weighted by atomic mass is 10.1. The zero-order valence-corrected chi connectivity index (χ0v) is 13.4. The van der Waals surface area contributed by atoms with Crippen molar-refractivity contribution in [2.75, 3.05) is 14.1 Å². The minimum atomic E-state index is -0.479. The minimum absolute atomic E-state index is 0.0393. The van der Waals surface area contributed by atoms with Crippen molar-refractivity contribution in [1.29, 1.82) is 0 Å². The number of carbonyl (C=O) groups is 3. The molecule has 24 heavy (non-hydrogen) atoms. The lowest BCUT2D eigenvalue weighted by molar-refractivity contribution is 0.0675. The highest BCUT2D eigenvalue weighted by atomic mass is 16.2. The van der Waals surface area contributed by atoms with E-state index in [2.05, 4.69) is 0 Å². The molecule has 1 aliphatic rings. The Hall–Kier alpha value is -3.21. The van der Waals surface area contributed by atoms with E-state index in [1.54, 1.807) is 73.6 Å². The SMILES string of the molecule is CN(C)/C=C(\C(=O)c1ccccc1)N1C(=O)c2ccccc2C1=O. The molecule has 0 saturated carbocycles. The summed E-state index contributed by atoms with van der Waals surface area (Å²) < 4.78 is 0. The maximum absolute atomic E-state index is 12.9. The Bertz CT molecular complexity index is 819. The van der Waals surface area contributed by atoms with Crippen molar-refractivity contribution in [2.45, 2.75) is 0 Å². The Morgan fingerprint density at radius 3 is 1.88 bits per heavy atom. The highest BCUT2D eigenvalue weighted by Crippen LogP contribution is 2.27. The molecule has 2 aromatic rings. The first-order valence-electron chi connectivity index (χ1n) is 7.46. The number of nitrogens with zero attached hydrogens (tertiary/aromatic N) is 2. The molecule has 0 radical (unpaired) electrons. The van der Waals surface area contributed by atoms with Crippen LogP contribution in [0.3, 0.4) is 0 Å². The van der Waals surface area contributed by atoms with Crippen molar-refractivity contribution in [2.24, 2.45) is 0 Å². The summed E-state index contributed by atoms with van der Waals surface area (Å²) in [5.74, 6) is -1.33. The first-order chi connectivity index (χ1) is 11.5. The van der Waals surface area contributed by atoms with Gasteiger partial charge in [-0.25, -0.2) is 4.90 Å². The molecule has 120 valence electrons. The first-order valence-corrected chi connectivity index (χ1v) is 7.46. The van der Waals surface area contributed by atoms with E-state index >= 15 is 0 Å². The number of benzene rings is 2. The van der Waals surface area contributed by atoms with Crippen molar-refractivity contribution in [3.05, 3.63) is 83.2 Å². The predicted octanol–water partition coefficient (Wildman–Crippen LogP) is 2.57. The largest absolute Gasteiger partial charge is 0.382 e. The number of imide groups is 1. The van der Waals surface area contributed by atoms with E-state index in [9.17, 15) is 14.4 Å². The predicted molar refractivity (Wildman–Crippen MR) is 89.5 cm³/mol. The third-order valence-electron chi connectivity index (χ3n) is 3.68. The van der Waals surface area contributed by atoms with Crippen molar-refractivity contribution in [1.82, 2.24) is 9.80 Å². The van der Waals surface area contributed by atoms with Gasteiger partial charge in [-0.15, -0.1) is 0 Å². The van der Waals surface area contributed by atoms with Crippen LogP contribution in [-0.4, -0.2) is 41.5 Å². The molecule has 1 aliphatic heterocycles. The van der Waals surface area contributed by atoms with E-state index < -0.39 is 11.8 Å². The molecule has 0 aromatic heterocycles. The van der Waals surface area contributed by atoms with Gasteiger partial charge in [-0.2, -0.15) is 0 Å². The molecule has 1 heterocycles. The fraction of sp³-hybridized carbons (Fsp3) is 0.105. The summed E-state index contributed by atoms with van der Waals surface area (Å²) in [6, 6.07) is 15.2. The van der Waals surface area contributed by atoms with Gasteiger partial charge in [0.2, 0.25) is 5.78 Å². The number of fused-ring (bicyclic) bond motifs is 1. The molecule has 0 N–H and O–H groups in total. The third kappa shape index (κ3) is 2.60. The summed E-state index contributed by atoms with van der Waals surface area (Å²) in [5.41, 5.74) is 1.08. The fourth-order valence-corrected chi connectivity index (χ4v) is 2.61. The van der Waals surface area contributed by atoms with Gasteiger partial charge in [0.05, 0.1) is 11.1 Å². The van der Waals surface area contributed by atoms with Crippen LogP contribution in [0.5, 0.6) is 0 Å². The van der Waals surface area contributed by atoms with Crippen LogP contribution >= 0.6 is 0 Å². The molecule has 5 heteroatoms. The Kier molecular flexibility index (Phi) is 4.00. The zero-order chi connectivity index (χ0) is 17.3. The van der Waals surface area contributed by atoms with Gasteiger partial charge < -0.3 is 4.90 Å². The standard InChI is InChI=1S/C19H16N2O3/c1-20(2)12-16(17(22)13-8-4-3-5-9-13)21-18(23)14-10-6-7-11-15(14)19(21)24/h3-12H,1-2H3/b16-12+. The highest BCUT2D eigenvalue weighted by Gasteiger charge is 2.39. The normalized spacial score (nSPS) is 13.9. The summed E-state index contributed by atoms with van der Waals surface area (Å²) in [7, 11) is 3.47. The molecule has 0 atom stereocenters. The van der Waals surface area contributed by atoms with Gasteiger partial charge >= 0.3 is 0 Å². The van der Waals surface area contributed by atoms with Crippen molar-refractivity contribution in [3.8, 4) is 0 Å². The number of allylic oxidation sites excluding steroid dienone is 1. The first kappa shape index (κ1) is 15.7. The van der Waals surface area contributed by atoms with E-state index in [-0.39, 0.29) is 11.5 Å². The number of hydrogen-bond acceptors (Lipinski definition) is 4. The molecule has 0 fully saturated rings. The zero-order valence-electron chi connectivity index (χ0n) is 13.4. The number of Topliss-reactive ketones (excluding diaryl/α,β-unsaturated/α-hetero) is 1. The Morgan fingerprint density at radius 2 is 1.38 bits per heavy atom. The van der Waals surface area contributed by atoms with E-state index in [4.69, 9.17) is 0 Å². The lowest BCUT2D eigenvalue weighted by Gasteiger charge is -2.19. The summed E-state index contributed by atoms with van der Waals surface area (Å²) >= 11 is 0. The van der Waals surface area contributed by atoms with Gasteiger partial charge in [-0.05, 0) is 12.1 Å². The molecule has 2 aromatic carbocycles. The van der Waals surface area contributed by atoms with E-state index in [1.165, 1.54) is 6.20 Å². The van der Waals surface area contributed by atoms with Crippen LogP contribution in [0, 0.1) is 0 Å².